The third kappa shape index (κ3) is 9.33. The van der Waals surface area contributed by atoms with Crippen molar-refractivity contribution in [2.45, 2.75) is 66.7 Å². The van der Waals surface area contributed by atoms with Gasteiger partial charge < -0.3 is 19.9 Å². The van der Waals surface area contributed by atoms with Crippen molar-refractivity contribution in [1.29, 1.82) is 0 Å². The van der Waals surface area contributed by atoms with E-state index in [0.717, 1.165) is 55.4 Å². The molecule has 0 aliphatic carbocycles. The number of aliphatic imine (C=N–C) groups is 1. The Bertz CT molecular complexity index is 893. The van der Waals surface area contributed by atoms with Crippen molar-refractivity contribution in [3.8, 4) is 5.75 Å². The Balaban J connectivity index is 0.00000480. The number of nitrogens with one attached hydrogen (secondary N) is 2. The quantitative estimate of drug-likeness (QED) is 0.203. The first-order valence-corrected chi connectivity index (χ1v) is 10.9. The molecule has 172 valence electrons. The zero-order valence-corrected chi connectivity index (χ0v) is 21.7. The highest BCUT2D eigenvalue weighted by atomic mass is 127. The Morgan fingerprint density at radius 3 is 2.58 bits per heavy atom. The van der Waals surface area contributed by atoms with E-state index in [1.165, 1.54) is 5.56 Å². The fraction of sp³-hybridized carbons (Fsp3) is 0.500. The van der Waals surface area contributed by atoms with Gasteiger partial charge in [0, 0.05) is 37.0 Å². The largest absolute Gasteiger partial charge is 0.491 e. The number of hydrogen-bond donors (Lipinski definition) is 2. The molecule has 31 heavy (non-hydrogen) atoms. The first-order valence-electron chi connectivity index (χ1n) is 10.9. The van der Waals surface area contributed by atoms with Crippen LogP contribution in [0.25, 0.3) is 0 Å². The van der Waals surface area contributed by atoms with Gasteiger partial charge in [-0.15, -0.1) is 24.0 Å². The number of hydrogen-bond acceptors (Lipinski definition) is 3. The second-order valence-electron chi connectivity index (χ2n) is 7.76. The van der Waals surface area contributed by atoms with Crippen LogP contribution >= 0.6 is 24.0 Å². The van der Waals surface area contributed by atoms with Gasteiger partial charge in [-0.25, -0.2) is 4.99 Å². The first kappa shape index (κ1) is 27.0. The molecular weight excluding hydrogens is 503 g/mol. The van der Waals surface area contributed by atoms with E-state index in [1.807, 2.05) is 31.4 Å². The molecule has 0 radical (unpaired) electrons. The predicted molar refractivity (Wildman–Crippen MR) is 140 cm³/mol. The van der Waals surface area contributed by atoms with Gasteiger partial charge in [0.05, 0.1) is 12.6 Å². The van der Waals surface area contributed by atoms with Gasteiger partial charge in [0.2, 0.25) is 0 Å². The molecule has 0 saturated carbocycles. The summed E-state index contributed by atoms with van der Waals surface area (Å²) in [6.07, 6.45) is 2.01. The first-order chi connectivity index (χ1) is 14.4. The number of aryl methyl sites for hydroxylation is 2. The number of benzene rings is 1. The Kier molecular flexibility index (Phi) is 12.3. The summed E-state index contributed by atoms with van der Waals surface area (Å²) >= 11 is 0. The molecule has 1 heterocycles. The molecular formula is C24H37IN4O2. The molecule has 0 fully saturated rings. The number of guanidine groups is 1. The summed E-state index contributed by atoms with van der Waals surface area (Å²) in [6, 6.07) is 11.6. The van der Waals surface area contributed by atoms with Crippen molar-refractivity contribution in [2.24, 2.45) is 4.99 Å². The van der Waals surface area contributed by atoms with Crippen LogP contribution in [0.4, 0.5) is 0 Å². The van der Waals surface area contributed by atoms with Crippen LogP contribution in [0, 0.1) is 13.8 Å². The van der Waals surface area contributed by atoms with Gasteiger partial charge in [-0.3, -0.25) is 4.79 Å². The molecule has 2 N–H and O–H groups in total. The molecule has 2 rings (SSSR count). The Morgan fingerprint density at radius 2 is 1.90 bits per heavy atom. The Labute approximate surface area is 203 Å². The van der Waals surface area contributed by atoms with Crippen LogP contribution in [-0.4, -0.2) is 29.7 Å². The molecule has 7 heteroatoms. The van der Waals surface area contributed by atoms with E-state index in [0.29, 0.717) is 6.54 Å². The zero-order valence-electron chi connectivity index (χ0n) is 19.4. The third-order valence-corrected chi connectivity index (χ3v) is 4.71. The highest BCUT2D eigenvalue weighted by Gasteiger charge is 2.07. The maximum atomic E-state index is 11.9. The van der Waals surface area contributed by atoms with Gasteiger partial charge in [0.25, 0.3) is 5.56 Å². The minimum absolute atomic E-state index is 0. The minimum Gasteiger partial charge on any atom is -0.491 e. The predicted octanol–water partition coefficient (Wildman–Crippen LogP) is 4.41. The summed E-state index contributed by atoms with van der Waals surface area (Å²) in [7, 11) is 0. The van der Waals surface area contributed by atoms with E-state index in [9.17, 15) is 4.79 Å². The topological polar surface area (TPSA) is 67.7 Å². The molecule has 0 bridgehead atoms. The lowest BCUT2D eigenvalue weighted by atomic mass is 10.1. The van der Waals surface area contributed by atoms with Crippen LogP contribution in [0.15, 0.2) is 46.2 Å². The highest BCUT2D eigenvalue weighted by molar-refractivity contribution is 14.0. The molecule has 0 unspecified atom stereocenters. The van der Waals surface area contributed by atoms with Crippen molar-refractivity contribution in [1.82, 2.24) is 15.2 Å². The number of aromatic nitrogens is 1. The summed E-state index contributed by atoms with van der Waals surface area (Å²) in [5, 5.41) is 6.68. The van der Waals surface area contributed by atoms with E-state index in [2.05, 4.69) is 42.7 Å². The normalized spacial score (nSPS) is 11.2. The van der Waals surface area contributed by atoms with Crippen molar-refractivity contribution < 1.29 is 4.74 Å². The average Bonchev–Trinajstić information content (AvgIpc) is 2.68. The van der Waals surface area contributed by atoms with E-state index in [-0.39, 0.29) is 35.6 Å². The summed E-state index contributed by atoms with van der Waals surface area (Å²) in [6.45, 7) is 13.0. The standard InChI is InChI=1S/C24H36N4O2.HI/c1-6-25-24(26-14-7-8-15-28-20(5)10-9-11-23(28)29)27-17-21-13-12-19(4)16-22(21)30-18(2)3;/h9-13,16,18H,6-8,14-15,17H2,1-5H3,(H2,25,26,27);1H. The number of nitrogens with zero attached hydrogens (tertiary/aromatic N) is 2. The van der Waals surface area contributed by atoms with Crippen molar-refractivity contribution in [3.63, 3.8) is 0 Å². The fourth-order valence-electron chi connectivity index (χ4n) is 3.17. The summed E-state index contributed by atoms with van der Waals surface area (Å²) in [5.74, 6) is 1.69. The van der Waals surface area contributed by atoms with Crippen LogP contribution in [0.5, 0.6) is 5.75 Å². The van der Waals surface area contributed by atoms with E-state index in [4.69, 9.17) is 9.73 Å². The van der Waals surface area contributed by atoms with Gasteiger partial charge >= 0.3 is 0 Å². The van der Waals surface area contributed by atoms with E-state index in [1.54, 1.807) is 12.1 Å². The van der Waals surface area contributed by atoms with E-state index >= 15 is 0 Å². The lowest BCUT2D eigenvalue weighted by Gasteiger charge is -2.15. The summed E-state index contributed by atoms with van der Waals surface area (Å²) < 4.78 is 7.78. The second kappa shape index (κ2) is 14.1. The van der Waals surface area contributed by atoms with Crippen LogP contribution in [-0.2, 0) is 13.1 Å². The van der Waals surface area contributed by atoms with Gasteiger partial charge in [-0.2, -0.15) is 0 Å². The van der Waals surface area contributed by atoms with Gasteiger partial charge in [0.15, 0.2) is 5.96 Å². The zero-order chi connectivity index (χ0) is 21.9. The van der Waals surface area contributed by atoms with Gasteiger partial charge in [0.1, 0.15) is 5.75 Å². The molecule has 1 aromatic heterocycles. The van der Waals surface area contributed by atoms with Gasteiger partial charge in [-0.1, -0.05) is 18.2 Å². The average molecular weight is 540 g/mol. The molecule has 6 nitrogen and oxygen atoms in total. The number of rotatable bonds is 10. The molecule has 2 aromatic rings. The lowest BCUT2D eigenvalue weighted by molar-refractivity contribution is 0.240. The lowest BCUT2D eigenvalue weighted by Crippen LogP contribution is -2.37. The van der Waals surface area contributed by atoms with Crippen LogP contribution in [0.2, 0.25) is 0 Å². The van der Waals surface area contributed by atoms with Crippen LogP contribution in [0.1, 0.15) is 50.4 Å². The number of pyridine rings is 1. The maximum Gasteiger partial charge on any atom is 0.250 e. The number of ether oxygens (including phenoxy) is 1. The smallest absolute Gasteiger partial charge is 0.250 e. The van der Waals surface area contributed by atoms with E-state index < -0.39 is 0 Å². The molecule has 0 spiro atoms. The number of unbranched alkanes of at least 4 members (excludes halogenated alkanes) is 1. The van der Waals surface area contributed by atoms with Crippen LogP contribution < -0.4 is 20.9 Å². The Morgan fingerprint density at radius 1 is 1.13 bits per heavy atom. The Hall–Kier alpha value is -2.03. The molecule has 0 saturated heterocycles. The maximum absolute atomic E-state index is 11.9. The van der Waals surface area contributed by atoms with Crippen LogP contribution in [0.3, 0.4) is 0 Å². The van der Waals surface area contributed by atoms with Crippen molar-refractivity contribution in [3.05, 3.63) is 63.6 Å². The SMILES string of the molecule is CCNC(=NCc1ccc(C)cc1OC(C)C)NCCCCn1c(C)cccc1=O.I. The second-order valence-corrected chi connectivity index (χ2v) is 7.76. The molecule has 0 aliphatic rings. The minimum atomic E-state index is 0. The fourth-order valence-corrected chi connectivity index (χ4v) is 3.17. The van der Waals surface area contributed by atoms with Crippen molar-refractivity contribution in [2.75, 3.05) is 13.1 Å². The summed E-state index contributed by atoms with van der Waals surface area (Å²) in [5.41, 5.74) is 3.32. The monoisotopic (exact) mass is 540 g/mol. The number of halogens is 1. The van der Waals surface area contributed by atoms with Crippen molar-refractivity contribution >= 4 is 29.9 Å². The molecule has 0 aliphatic heterocycles. The third-order valence-electron chi connectivity index (χ3n) is 4.71. The summed E-state index contributed by atoms with van der Waals surface area (Å²) in [4.78, 5) is 16.7. The molecule has 0 amide bonds. The molecule has 0 atom stereocenters. The molecule has 1 aromatic carbocycles. The highest BCUT2D eigenvalue weighted by Crippen LogP contribution is 2.22. The van der Waals surface area contributed by atoms with Gasteiger partial charge in [-0.05, 0) is 65.2 Å².